The maximum Gasteiger partial charge on any atom is 0.314 e. The van der Waals surface area contributed by atoms with Crippen LogP contribution in [0.2, 0.25) is 0 Å². The molecule has 0 bridgehead atoms. The van der Waals surface area contributed by atoms with Crippen molar-refractivity contribution in [3.63, 3.8) is 0 Å². The second-order valence-electron chi connectivity index (χ2n) is 5.36. The molecule has 126 valence electrons. The van der Waals surface area contributed by atoms with E-state index < -0.39 is 0 Å². The number of ether oxygens (including phenoxy) is 1. The molecule has 6 heteroatoms. The number of para-hydroxylation sites is 1. The average Bonchev–Trinajstić information content (AvgIpc) is 2.55. The molecule has 2 aromatic rings. The molecule has 0 saturated heterocycles. The topological polar surface area (TPSA) is 90.7 Å². The van der Waals surface area contributed by atoms with Gasteiger partial charge in [-0.25, -0.2) is 4.99 Å². The molecule has 2 rings (SSSR count). The lowest BCUT2D eigenvalue weighted by atomic mass is 9.97. The van der Waals surface area contributed by atoms with Crippen LogP contribution in [0, 0.1) is 5.92 Å². The van der Waals surface area contributed by atoms with Gasteiger partial charge in [0.25, 0.3) is 0 Å². The van der Waals surface area contributed by atoms with Crippen LogP contribution >= 0.6 is 15.9 Å². The van der Waals surface area contributed by atoms with Crippen LogP contribution in [-0.4, -0.2) is 11.9 Å². The van der Waals surface area contributed by atoms with Crippen LogP contribution < -0.4 is 16.2 Å². The molecule has 1 unspecified atom stereocenters. The Morgan fingerprint density at radius 3 is 2.42 bits per heavy atom. The van der Waals surface area contributed by atoms with Gasteiger partial charge < -0.3 is 16.2 Å². The van der Waals surface area contributed by atoms with Crippen LogP contribution in [0.15, 0.2) is 58.0 Å². The highest BCUT2D eigenvalue weighted by molar-refractivity contribution is 9.10. The number of rotatable bonds is 6. The highest BCUT2D eigenvalue weighted by Gasteiger charge is 2.20. The zero-order valence-electron chi connectivity index (χ0n) is 13.4. The molecule has 5 nitrogen and oxygen atoms in total. The molecular weight excluding hydrogens is 370 g/mol. The minimum atomic E-state index is -0.238. The van der Waals surface area contributed by atoms with Crippen LogP contribution in [-0.2, 0) is 11.2 Å². The zero-order chi connectivity index (χ0) is 17.5. The third-order valence-electron chi connectivity index (χ3n) is 3.55. The summed E-state index contributed by atoms with van der Waals surface area (Å²) in [4.78, 5) is 16.4. The molecule has 0 amide bonds. The van der Waals surface area contributed by atoms with Crippen LogP contribution in [0.3, 0.4) is 0 Å². The Morgan fingerprint density at radius 1 is 1.17 bits per heavy atom. The molecule has 4 N–H and O–H groups in total. The van der Waals surface area contributed by atoms with E-state index in [0.717, 1.165) is 10.0 Å². The maximum atomic E-state index is 12.4. The Balaban J connectivity index is 2.04. The van der Waals surface area contributed by atoms with Crippen molar-refractivity contribution in [2.75, 3.05) is 0 Å². The van der Waals surface area contributed by atoms with E-state index in [0.29, 0.717) is 24.3 Å². The first kappa shape index (κ1) is 18.0. The second-order valence-corrected chi connectivity index (χ2v) is 6.22. The number of hydrogen-bond acceptors (Lipinski definition) is 3. The lowest BCUT2D eigenvalue weighted by molar-refractivity contribution is -0.139. The van der Waals surface area contributed by atoms with Gasteiger partial charge in [0.2, 0.25) is 0 Å². The summed E-state index contributed by atoms with van der Waals surface area (Å²) in [5.41, 5.74) is 12.4. The van der Waals surface area contributed by atoms with Crippen LogP contribution in [0.5, 0.6) is 5.75 Å². The number of esters is 1. The molecule has 0 aliphatic heterocycles. The molecule has 0 saturated carbocycles. The van der Waals surface area contributed by atoms with Gasteiger partial charge in [0.15, 0.2) is 5.96 Å². The van der Waals surface area contributed by atoms with Gasteiger partial charge >= 0.3 is 5.97 Å². The van der Waals surface area contributed by atoms with E-state index >= 15 is 0 Å². The molecule has 0 aliphatic rings. The Morgan fingerprint density at radius 2 is 1.83 bits per heavy atom. The molecular formula is C18H20BrN3O2. The largest absolute Gasteiger partial charge is 0.425 e. The van der Waals surface area contributed by atoms with Crippen molar-refractivity contribution in [3.05, 3.63) is 58.6 Å². The first-order valence-corrected chi connectivity index (χ1v) is 8.43. The number of guanidine groups is 1. The summed E-state index contributed by atoms with van der Waals surface area (Å²) in [5, 5.41) is 0. The molecule has 1 atom stereocenters. The molecule has 24 heavy (non-hydrogen) atoms. The number of nitrogens with zero attached hydrogens (tertiary/aromatic N) is 1. The summed E-state index contributed by atoms with van der Waals surface area (Å²) in [6, 6.07) is 14.8. The summed E-state index contributed by atoms with van der Waals surface area (Å²) in [7, 11) is 0. The predicted molar refractivity (Wildman–Crippen MR) is 99.2 cm³/mol. The molecule has 0 aliphatic carbocycles. The third-order valence-corrected chi connectivity index (χ3v) is 4.21. The summed E-state index contributed by atoms with van der Waals surface area (Å²) < 4.78 is 6.27. The van der Waals surface area contributed by atoms with Crippen LogP contribution in [0.25, 0.3) is 0 Å². The lowest BCUT2D eigenvalue weighted by Crippen LogP contribution is -2.22. The van der Waals surface area contributed by atoms with E-state index in [4.69, 9.17) is 16.2 Å². The van der Waals surface area contributed by atoms with E-state index in [2.05, 4.69) is 20.9 Å². The van der Waals surface area contributed by atoms with E-state index in [1.165, 1.54) is 0 Å². The number of hydrogen-bond donors (Lipinski definition) is 2. The number of carbonyl (C=O) groups excluding carboxylic acids is 1. The van der Waals surface area contributed by atoms with Crippen molar-refractivity contribution in [2.24, 2.45) is 22.4 Å². The van der Waals surface area contributed by atoms with Crippen molar-refractivity contribution in [1.29, 1.82) is 0 Å². The number of carbonyl (C=O) groups is 1. The lowest BCUT2D eigenvalue weighted by Gasteiger charge is -2.15. The van der Waals surface area contributed by atoms with Gasteiger partial charge in [-0.1, -0.05) is 31.2 Å². The zero-order valence-corrected chi connectivity index (χ0v) is 15.0. The van der Waals surface area contributed by atoms with Crippen molar-refractivity contribution in [3.8, 4) is 5.75 Å². The number of benzene rings is 2. The number of nitrogens with two attached hydrogens (primary N) is 2. The van der Waals surface area contributed by atoms with E-state index in [-0.39, 0.29) is 17.8 Å². The van der Waals surface area contributed by atoms with Gasteiger partial charge in [0.05, 0.1) is 16.1 Å². The van der Waals surface area contributed by atoms with Crippen LogP contribution in [0.1, 0.15) is 18.9 Å². The third kappa shape index (κ3) is 5.09. The Labute approximate surface area is 149 Å². The van der Waals surface area contributed by atoms with E-state index in [1.807, 2.05) is 49.4 Å². The van der Waals surface area contributed by atoms with Gasteiger partial charge in [-0.2, -0.15) is 0 Å². The number of aliphatic imine (C=N–C) groups is 1. The van der Waals surface area contributed by atoms with Crippen molar-refractivity contribution < 1.29 is 9.53 Å². The Bertz CT molecular complexity index is 725. The molecule has 2 aromatic carbocycles. The first-order valence-electron chi connectivity index (χ1n) is 7.64. The number of halogens is 1. The molecule has 0 radical (unpaired) electrons. The van der Waals surface area contributed by atoms with Crippen molar-refractivity contribution in [1.82, 2.24) is 0 Å². The molecule has 0 aromatic heterocycles. The first-order chi connectivity index (χ1) is 11.5. The van der Waals surface area contributed by atoms with Crippen molar-refractivity contribution in [2.45, 2.75) is 19.8 Å². The fourth-order valence-electron chi connectivity index (χ4n) is 2.25. The predicted octanol–water partition coefficient (Wildman–Crippen LogP) is 3.53. The van der Waals surface area contributed by atoms with Gasteiger partial charge in [-0.15, -0.1) is 0 Å². The van der Waals surface area contributed by atoms with Gasteiger partial charge in [0.1, 0.15) is 5.75 Å². The van der Waals surface area contributed by atoms with Crippen LogP contribution in [0.4, 0.5) is 5.69 Å². The standard InChI is InChI=1S/C18H20BrN3O2/c1-2-13(17(23)24-16-6-4-3-5-15(16)19)11-12-7-9-14(10-8-12)22-18(20)21/h3-10,13H,2,11H2,1H3,(H4,20,21,22). The minimum absolute atomic E-state index is 0.0196. The van der Waals surface area contributed by atoms with E-state index in [1.54, 1.807) is 6.07 Å². The maximum absolute atomic E-state index is 12.4. The normalized spacial score (nSPS) is 11.6. The quantitative estimate of drug-likeness (QED) is 0.342. The monoisotopic (exact) mass is 389 g/mol. The van der Waals surface area contributed by atoms with Gasteiger partial charge in [-0.05, 0) is 58.6 Å². The summed E-state index contributed by atoms with van der Waals surface area (Å²) >= 11 is 3.38. The smallest absolute Gasteiger partial charge is 0.314 e. The molecule has 0 fully saturated rings. The Kier molecular flexibility index (Phi) is 6.37. The molecule has 0 heterocycles. The average molecular weight is 390 g/mol. The summed E-state index contributed by atoms with van der Waals surface area (Å²) in [6.07, 6.45) is 1.29. The highest BCUT2D eigenvalue weighted by Crippen LogP contribution is 2.26. The fourth-order valence-corrected chi connectivity index (χ4v) is 2.62. The summed E-state index contributed by atoms with van der Waals surface area (Å²) in [6.45, 7) is 1.97. The van der Waals surface area contributed by atoms with Gasteiger partial charge in [-0.3, -0.25) is 4.79 Å². The van der Waals surface area contributed by atoms with Crippen molar-refractivity contribution >= 4 is 33.5 Å². The second kappa shape index (κ2) is 8.49. The van der Waals surface area contributed by atoms with Gasteiger partial charge in [0, 0.05) is 0 Å². The van der Waals surface area contributed by atoms with E-state index in [9.17, 15) is 4.79 Å². The fraction of sp³-hybridized carbons (Fsp3) is 0.222. The highest BCUT2D eigenvalue weighted by atomic mass is 79.9. The SMILES string of the molecule is CCC(Cc1ccc(N=C(N)N)cc1)C(=O)Oc1ccccc1Br. The minimum Gasteiger partial charge on any atom is -0.425 e. The Hall–Kier alpha value is -2.34. The molecule has 0 spiro atoms. The summed E-state index contributed by atoms with van der Waals surface area (Å²) in [5.74, 6) is 0.0963.